The largest absolute Gasteiger partial charge is 0.292 e. The van der Waals surface area contributed by atoms with E-state index in [9.17, 15) is 0 Å². The molecule has 2 heteroatoms. The van der Waals surface area contributed by atoms with Crippen LogP contribution in [0.1, 0.15) is 39.0 Å². The molecule has 1 saturated carbocycles. The molecular weight excluding hydrogens is 218 g/mol. The molecule has 0 radical (unpaired) electrons. The second kappa shape index (κ2) is 4.10. The van der Waals surface area contributed by atoms with Gasteiger partial charge in [0, 0.05) is 24.5 Å². The zero-order chi connectivity index (χ0) is 11.1. The van der Waals surface area contributed by atoms with E-state index in [4.69, 9.17) is 11.8 Å². The highest BCUT2D eigenvalue weighted by molar-refractivity contribution is 6.14. The highest BCUT2D eigenvalue weighted by atomic mass is 35.5. The minimum Gasteiger partial charge on any atom is -0.292 e. The van der Waals surface area contributed by atoms with Gasteiger partial charge in [-0.15, -0.1) is 0 Å². The fourth-order valence-electron chi connectivity index (χ4n) is 3.93. The van der Waals surface area contributed by atoms with Crippen molar-refractivity contribution in [2.24, 2.45) is 17.8 Å². The molecule has 0 aromatic rings. The summed E-state index contributed by atoms with van der Waals surface area (Å²) in [4.78, 5) is 0. The first-order chi connectivity index (χ1) is 7.74. The van der Waals surface area contributed by atoms with Crippen LogP contribution in [0.3, 0.4) is 0 Å². The van der Waals surface area contributed by atoms with E-state index >= 15 is 0 Å². The van der Waals surface area contributed by atoms with Gasteiger partial charge in [0.25, 0.3) is 0 Å². The third-order valence-electron chi connectivity index (χ3n) is 4.46. The Hall–Kier alpha value is -0.430. The molecule has 0 spiro atoms. The molecule has 16 heavy (non-hydrogen) atoms. The van der Waals surface area contributed by atoms with Gasteiger partial charge in [-0.2, -0.15) is 0 Å². The molecular formula is C14H20ClN. The third kappa shape index (κ3) is 1.79. The van der Waals surface area contributed by atoms with E-state index in [0.29, 0.717) is 0 Å². The highest BCUT2D eigenvalue weighted by Crippen LogP contribution is 2.46. The Labute approximate surface area is 103 Å². The van der Waals surface area contributed by atoms with Crippen LogP contribution in [0.4, 0.5) is 0 Å². The number of allylic oxidation sites excluding steroid dienone is 2. The van der Waals surface area contributed by atoms with Crippen LogP contribution < -0.4 is 0 Å². The summed E-state index contributed by atoms with van der Waals surface area (Å²) in [5.41, 5.74) is 3.38. The van der Waals surface area contributed by atoms with Crippen LogP contribution in [-0.2, 0) is 0 Å². The first-order valence-electron chi connectivity index (χ1n) is 6.57. The summed E-state index contributed by atoms with van der Waals surface area (Å²) in [6.07, 6.45) is 11.1. The Kier molecular flexibility index (Phi) is 2.75. The summed E-state index contributed by atoms with van der Waals surface area (Å²) in [7, 11) is 0. The summed E-state index contributed by atoms with van der Waals surface area (Å²) < 4.78 is 1.86. The lowest BCUT2D eigenvalue weighted by atomic mass is 9.66. The molecule has 2 aliphatic carbocycles. The average molecular weight is 238 g/mol. The van der Waals surface area contributed by atoms with Gasteiger partial charge in [0.15, 0.2) is 0 Å². The summed E-state index contributed by atoms with van der Waals surface area (Å²) in [6, 6.07) is 0. The number of nitrogens with zero attached hydrogens (tertiary/aromatic N) is 1. The molecule has 0 saturated heterocycles. The fourth-order valence-corrected chi connectivity index (χ4v) is 4.15. The Morgan fingerprint density at radius 2 is 2.12 bits per heavy atom. The summed E-state index contributed by atoms with van der Waals surface area (Å²) in [5.74, 6) is 2.46. The van der Waals surface area contributed by atoms with Crippen LogP contribution in [0, 0.1) is 17.8 Å². The van der Waals surface area contributed by atoms with Crippen molar-refractivity contribution in [3.8, 4) is 0 Å². The molecule has 3 unspecified atom stereocenters. The maximum Gasteiger partial charge on any atom is 0.0408 e. The van der Waals surface area contributed by atoms with Gasteiger partial charge in [-0.1, -0.05) is 12.5 Å². The predicted molar refractivity (Wildman–Crippen MR) is 68.0 cm³/mol. The molecule has 1 nitrogen and oxygen atoms in total. The number of rotatable bonds is 0. The Morgan fingerprint density at radius 1 is 1.31 bits per heavy atom. The van der Waals surface area contributed by atoms with E-state index in [2.05, 4.69) is 19.2 Å². The van der Waals surface area contributed by atoms with E-state index < -0.39 is 0 Å². The van der Waals surface area contributed by atoms with Crippen molar-refractivity contribution in [2.75, 3.05) is 6.54 Å². The maximum atomic E-state index is 6.20. The van der Waals surface area contributed by atoms with E-state index in [0.717, 1.165) is 24.3 Å². The molecule has 0 N–H and O–H groups in total. The van der Waals surface area contributed by atoms with E-state index in [1.54, 1.807) is 11.1 Å². The molecule has 1 aliphatic heterocycles. The molecule has 0 bridgehead atoms. The van der Waals surface area contributed by atoms with Gasteiger partial charge in [0.1, 0.15) is 0 Å². The van der Waals surface area contributed by atoms with Gasteiger partial charge in [-0.05, 0) is 61.5 Å². The first kappa shape index (κ1) is 10.7. The molecule has 0 amide bonds. The van der Waals surface area contributed by atoms with Crippen molar-refractivity contribution >= 4 is 11.8 Å². The van der Waals surface area contributed by atoms with Gasteiger partial charge < -0.3 is 0 Å². The van der Waals surface area contributed by atoms with Crippen LogP contribution >= 0.6 is 11.8 Å². The second-order valence-corrected chi connectivity index (χ2v) is 6.18. The smallest absolute Gasteiger partial charge is 0.0408 e. The SMILES string of the molecule is CC1CC2CCCC3=C2C(C1)CN(Cl)C=C3. The lowest BCUT2D eigenvalue weighted by molar-refractivity contribution is 0.248. The second-order valence-electron chi connectivity index (χ2n) is 5.74. The van der Waals surface area contributed by atoms with Crippen molar-refractivity contribution < 1.29 is 0 Å². The lowest BCUT2D eigenvalue weighted by Gasteiger charge is -2.40. The molecule has 0 aromatic heterocycles. The van der Waals surface area contributed by atoms with Crippen LogP contribution in [0.25, 0.3) is 0 Å². The number of hydrogen-bond donors (Lipinski definition) is 0. The monoisotopic (exact) mass is 237 g/mol. The Morgan fingerprint density at radius 3 is 3.00 bits per heavy atom. The van der Waals surface area contributed by atoms with Gasteiger partial charge >= 0.3 is 0 Å². The van der Waals surface area contributed by atoms with Crippen molar-refractivity contribution in [2.45, 2.75) is 39.0 Å². The lowest BCUT2D eigenvalue weighted by Crippen LogP contribution is -2.31. The average Bonchev–Trinajstić information content (AvgIpc) is 2.39. The first-order valence-corrected chi connectivity index (χ1v) is 6.91. The van der Waals surface area contributed by atoms with Crippen LogP contribution in [0.2, 0.25) is 0 Å². The predicted octanol–water partition coefficient (Wildman–Crippen LogP) is 4.11. The number of hydrogen-bond acceptors (Lipinski definition) is 1. The van der Waals surface area contributed by atoms with Gasteiger partial charge in [0.05, 0.1) is 0 Å². The Balaban J connectivity index is 1.98. The summed E-state index contributed by atoms with van der Waals surface area (Å²) in [5, 5.41) is 0. The van der Waals surface area contributed by atoms with Gasteiger partial charge in [-0.25, -0.2) is 0 Å². The molecule has 1 fully saturated rings. The minimum atomic E-state index is 0.719. The zero-order valence-corrected chi connectivity index (χ0v) is 10.7. The highest BCUT2D eigenvalue weighted by Gasteiger charge is 2.35. The third-order valence-corrected chi connectivity index (χ3v) is 4.71. The van der Waals surface area contributed by atoms with Crippen molar-refractivity contribution in [3.63, 3.8) is 0 Å². The standard InChI is InChI=1S/C14H20ClN/c1-10-7-12-4-2-3-11-5-6-16(15)9-13(8-10)14(11)12/h5-6,10,12-13H,2-4,7-9H2,1H3. The van der Waals surface area contributed by atoms with Gasteiger partial charge in [0.2, 0.25) is 0 Å². The van der Waals surface area contributed by atoms with Crippen LogP contribution in [0.15, 0.2) is 23.4 Å². The quantitative estimate of drug-likeness (QED) is 0.573. The van der Waals surface area contributed by atoms with Crippen LogP contribution in [0.5, 0.6) is 0 Å². The van der Waals surface area contributed by atoms with E-state index in [1.165, 1.54) is 32.1 Å². The molecule has 0 aromatic carbocycles. The van der Waals surface area contributed by atoms with E-state index in [-0.39, 0.29) is 0 Å². The van der Waals surface area contributed by atoms with Gasteiger partial charge in [-0.3, -0.25) is 4.42 Å². The normalized spacial score (nSPS) is 38.4. The van der Waals surface area contributed by atoms with E-state index in [1.807, 2.05) is 4.42 Å². The molecule has 3 atom stereocenters. The summed E-state index contributed by atoms with van der Waals surface area (Å²) in [6.45, 7) is 3.42. The van der Waals surface area contributed by atoms with Crippen molar-refractivity contribution in [1.29, 1.82) is 0 Å². The maximum absolute atomic E-state index is 6.20. The van der Waals surface area contributed by atoms with Crippen molar-refractivity contribution in [1.82, 2.24) is 4.42 Å². The topological polar surface area (TPSA) is 3.24 Å². The van der Waals surface area contributed by atoms with Crippen molar-refractivity contribution in [3.05, 3.63) is 23.4 Å². The van der Waals surface area contributed by atoms with Crippen LogP contribution in [-0.4, -0.2) is 11.0 Å². The Bertz CT molecular complexity index is 345. The number of halogens is 1. The minimum absolute atomic E-state index is 0.719. The zero-order valence-electron chi connectivity index (χ0n) is 9.95. The molecule has 1 heterocycles. The summed E-state index contributed by atoms with van der Waals surface area (Å²) >= 11 is 6.20. The molecule has 88 valence electrons. The molecule has 3 rings (SSSR count). The molecule has 3 aliphatic rings. The fraction of sp³-hybridized carbons (Fsp3) is 0.714.